The van der Waals surface area contributed by atoms with Gasteiger partial charge in [-0.3, -0.25) is 0 Å². The zero-order valence-corrected chi connectivity index (χ0v) is 11.3. The van der Waals surface area contributed by atoms with E-state index in [1.165, 1.54) is 25.8 Å². The largest absolute Gasteiger partial charge is 0.302 e. The Labute approximate surface area is 105 Å². The van der Waals surface area contributed by atoms with Gasteiger partial charge in [-0.25, -0.2) is 0 Å². The molecule has 1 unspecified atom stereocenters. The summed E-state index contributed by atoms with van der Waals surface area (Å²) in [6.07, 6.45) is 4.04. The second-order valence-corrected chi connectivity index (χ2v) is 6.60. The first kappa shape index (κ1) is 11.3. The molecule has 0 spiro atoms. The molecule has 0 saturated heterocycles. The van der Waals surface area contributed by atoms with E-state index in [4.69, 9.17) is 0 Å². The van der Waals surface area contributed by atoms with Crippen LogP contribution in [0.3, 0.4) is 0 Å². The topological polar surface area (TPSA) is 3.24 Å². The average Bonchev–Trinajstić information content (AvgIpc) is 2.36. The maximum Gasteiger partial charge on any atom is 0.0233 e. The van der Waals surface area contributed by atoms with Gasteiger partial charge in [-0.2, -0.15) is 0 Å². The van der Waals surface area contributed by atoms with E-state index in [9.17, 15) is 0 Å². The fourth-order valence-electron chi connectivity index (χ4n) is 4.04. The van der Waals surface area contributed by atoms with E-state index >= 15 is 0 Å². The molecule has 0 fully saturated rings. The Morgan fingerprint density at radius 1 is 1.24 bits per heavy atom. The van der Waals surface area contributed by atoms with Gasteiger partial charge >= 0.3 is 0 Å². The van der Waals surface area contributed by atoms with Gasteiger partial charge in [0.05, 0.1) is 0 Å². The molecular formula is C16H23N. The monoisotopic (exact) mass is 229 g/mol. The summed E-state index contributed by atoms with van der Waals surface area (Å²) < 4.78 is 0. The maximum atomic E-state index is 2.49. The minimum atomic E-state index is 0.413. The predicted molar refractivity (Wildman–Crippen MR) is 72.2 cm³/mol. The summed E-state index contributed by atoms with van der Waals surface area (Å²) in [6, 6.07) is 6.95. The van der Waals surface area contributed by atoms with E-state index in [-0.39, 0.29) is 0 Å². The van der Waals surface area contributed by atoms with Gasteiger partial charge in [-0.1, -0.05) is 32.0 Å². The van der Waals surface area contributed by atoms with Crippen molar-refractivity contribution in [3.63, 3.8) is 0 Å². The normalized spacial score (nSPS) is 27.4. The lowest BCUT2D eigenvalue weighted by molar-refractivity contribution is 0.175. The zero-order valence-electron chi connectivity index (χ0n) is 11.3. The van der Waals surface area contributed by atoms with Crippen molar-refractivity contribution in [2.45, 2.75) is 45.6 Å². The van der Waals surface area contributed by atoms with Gasteiger partial charge in [0.1, 0.15) is 0 Å². The lowest BCUT2D eigenvalue weighted by Crippen LogP contribution is -2.33. The Kier molecular flexibility index (Phi) is 2.55. The Morgan fingerprint density at radius 2 is 2.00 bits per heavy atom. The smallest absolute Gasteiger partial charge is 0.0233 e. The second-order valence-electron chi connectivity index (χ2n) is 6.60. The van der Waals surface area contributed by atoms with Gasteiger partial charge in [-0.15, -0.1) is 0 Å². The third kappa shape index (κ3) is 1.81. The summed E-state index contributed by atoms with van der Waals surface area (Å²) in [7, 11) is 2.26. The summed E-state index contributed by atoms with van der Waals surface area (Å²) in [5.41, 5.74) is 5.33. The fourth-order valence-corrected chi connectivity index (χ4v) is 4.04. The van der Waals surface area contributed by atoms with Gasteiger partial charge < -0.3 is 4.90 Å². The maximum absolute atomic E-state index is 2.49. The van der Waals surface area contributed by atoms with Gasteiger partial charge in [0.25, 0.3) is 0 Å². The molecule has 1 atom stereocenters. The van der Waals surface area contributed by atoms with E-state index in [0.29, 0.717) is 5.41 Å². The fraction of sp³-hybridized carbons (Fsp3) is 0.625. The van der Waals surface area contributed by atoms with E-state index in [0.717, 1.165) is 12.5 Å². The summed E-state index contributed by atoms with van der Waals surface area (Å²) in [4.78, 5) is 2.49. The molecule has 0 aromatic heterocycles. The third-order valence-electron chi connectivity index (χ3n) is 4.64. The number of hydrogen-bond acceptors (Lipinski definition) is 1. The molecule has 1 aliphatic heterocycles. The lowest BCUT2D eigenvalue weighted by atomic mass is 9.68. The van der Waals surface area contributed by atoms with Crippen LogP contribution in [0.2, 0.25) is 0 Å². The van der Waals surface area contributed by atoms with E-state index < -0.39 is 0 Å². The van der Waals surface area contributed by atoms with Gasteiger partial charge in [0, 0.05) is 13.1 Å². The van der Waals surface area contributed by atoms with Crippen LogP contribution >= 0.6 is 0 Å². The van der Waals surface area contributed by atoms with Crippen LogP contribution < -0.4 is 0 Å². The van der Waals surface area contributed by atoms with Crippen molar-refractivity contribution in [2.75, 3.05) is 13.6 Å². The molecule has 0 N–H and O–H groups in total. The van der Waals surface area contributed by atoms with Crippen LogP contribution in [0.4, 0.5) is 0 Å². The molecule has 1 aromatic rings. The highest BCUT2D eigenvalue weighted by Gasteiger charge is 2.38. The van der Waals surface area contributed by atoms with Crippen molar-refractivity contribution in [1.29, 1.82) is 0 Å². The Bertz CT molecular complexity index is 433. The number of benzene rings is 1. The van der Waals surface area contributed by atoms with Crippen molar-refractivity contribution in [3.8, 4) is 0 Å². The highest BCUT2D eigenvalue weighted by molar-refractivity contribution is 5.41. The van der Waals surface area contributed by atoms with Crippen LogP contribution in [0.1, 0.15) is 49.3 Å². The van der Waals surface area contributed by atoms with Gasteiger partial charge in [-0.05, 0) is 54.3 Å². The van der Waals surface area contributed by atoms with Crippen LogP contribution in [0.25, 0.3) is 0 Å². The number of aryl methyl sites for hydroxylation is 1. The Hall–Kier alpha value is -0.820. The molecule has 1 heterocycles. The molecule has 1 nitrogen and oxygen atoms in total. The molecule has 0 amide bonds. The molecule has 1 heteroatoms. The van der Waals surface area contributed by atoms with Crippen molar-refractivity contribution >= 4 is 0 Å². The lowest BCUT2D eigenvalue weighted by Gasteiger charge is -2.38. The molecule has 92 valence electrons. The summed E-state index contributed by atoms with van der Waals surface area (Å²) >= 11 is 0. The van der Waals surface area contributed by atoms with Crippen LogP contribution in [0.15, 0.2) is 18.2 Å². The first-order chi connectivity index (χ1) is 8.08. The summed E-state index contributed by atoms with van der Waals surface area (Å²) in [5, 5.41) is 0. The van der Waals surface area contributed by atoms with Gasteiger partial charge in [0.15, 0.2) is 0 Å². The van der Waals surface area contributed by atoms with Gasteiger partial charge in [0.2, 0.25) is 0 Å². The summed E-state index contributed by atoms with van der Waals surface area (Å²) in [6.45, 7) is 7.24. The highest BCUT2D eigenvalue weighted by atomic mass is 15.1. The second kappa shape index (κ2) is 3.84. The predicted octanol–water partition coefficient (Wildman–Crippen LogP) is 3.58. The number of hydrogen-bond donors (Lipinski definition) is 0. The molecule has 0 radical (unpaired) electrons. The summed E-state index contributed by atoms with van der Waals surface area (Å²) in [5.74, 6) is 0.771. The van der Waals surface area contributed by atoms with E-state index in [2.05, 4.69) is 44.0 Å². The van der Waals surface area contributed by atoms with Crippen LogP contribution in [-0.2, 0) is 13.0 Å². The van der Waals surface area contributed by atoms with Crippen LogP contribution in [0, 0.1) is 5.41 Å². The highest BCUT2D eigenvalue weighted by Crippen LogP contribution is 2.47. The Morgan fingerprint density at radius 3 is 2.82 bits per heavy atom. The Balaban J connectivity index is 2.18. The molecule has 0 saturated carbocycles. The third-order valence-corrected chi connectivity index (χ3v) is 4.64. The first-order valence-corrected chi connectivity index (χ1v) is 6.87. The molecular weight excluding hydrogens is 206 g/mol. The van der Waals surface area contributed by atoms with E-state index in [1.54, 1.807) is 16.7 Å². The van der Waals surface area contributed by atoms with Crippen molar-refractivity contribution in [3.05, 3.63) is 34.9 Å². The van der Waals surface area contributed by atoms with Crippen LogP contribution in [-0.4, -0.2) is 18.5 Å². The minimum Gasteiger partial charge on any atom is -0.302 e. The molecule has 1 aromatic carbocycles. The molecule has 0 bridgehead atoms. The quantitative estimate of drug-likeness (QED) is 0.657. The number of rotatable bonds is 0. The standard InChI is InChI=1S/C16H23N/c1-16(2)11-17(3)10-13-8-4-6-12-7-5-9-14(16)15(12)13/h4,6,8,14H,5,7,9-11H2,1-3H3. The van der Waals surface area contributed by atoms with Crippen molar-refractivity contribution in [2.24, 2.45) is 5.41 Å². The first-order valence-electron chi connectivity index (χ1n) is 6.87. The average molecular weight is 229 g/mol. The van der Waals surface area contributed by atoms with Crippen molar-refractivity contribution in [1.82, 2.24) is 4.90 Å². The number of nitrogens with zero attached hydrogens (tertiary/aromatic N) is 1. The van der Waals surface area contributed by atoms with Crippen LogP contribution in [0.5, 0.6) is 0 Å². The SMILES string of the molecule is CN1Cc2cccc3c2C(CCC3)C(C)(C)C1. The minimum absolute atomic E-state index is 0.413. The zero-order chi connectivity index (χ0) is 12.0. The molecule has 3 rings (SSSR count). The van der Waals surface area contributed by atoms with E-state index in [1.807, 2.05) is 0 Å². The molecule has 17 heavy (non-hydrogen) atoms. The molecule has 1 aliphatic carbocycles. The molecule has 2 aliphatic rings. The van der Waals surface area contributed by atoms with Crippen molar-refractivity contribution < 1.29 is 0 Å².